The third-order valence-electron chi connectivity index (χ3n) is 2.44. The molecule has 1 aromatic heterocycles. The summed E-state index contributed by atoms with van der Waals surface area (Å²) in [7, 11) is 0. The van der Waals surface area contributed by atoms with Crippen LogP contribution in [0.1, 0.15) is 23.7 Å². The van der Waals surface area contributed by atoms with Gasteiger partial charge in [-0.3, -0.25) is 19.7 Å². The van der Waals surface area contributed by atoms with Gasteiger partial charge in [0.25, 0.3) is 5.91 Å². The van der Waals surface area contributed by atoms with E-state index < -0.39 is 22.5 Å². The van der Waals surface area contributed by atoms with E-state index in [1.165, 1.54) is 12.3 Å². The van der Waals surface area contributed by atoms with Crippen molar-refractivity contribution in [1.82, 2.24) is 10.3 Å². The monoisotopic (exact) mass is 301 g/mol. The number of carboxylic acids is 1. The molecule has 1 atom stereocenters. The number of carbonyl (C=O) groups is 2. The highest BCUT2D eigenvalue weighted by atomic mass is 35.5. The summed E-state index contributed by atoms with van der Waals surface area (Å²) in [5.74, 6) is -1.98. The van der Waals surface area contributed by atoms with Gasteiger partial charge in [-0.1, -0.05) is 18.5 Å². The number of halogens is 1. The van der Waals surface area contributed by atoms with Crippen molar-refractivity contribution in [2.75, 3.05) is 6.54 Å². The molecule has 0 aliphatic carbocycles. The number of hydrogen-bond acceptors (Lipinski definition) is 5. The summed E-state index contributed by atoms with van der Waals surface area (Å²) in [6.07, 6.45) is 1.07. The van der Waals surface area contributed by atoms with E-state index in [2.05, 4.69) is 10.3 Å². The molecule has 1 unspecified atom stereocenters. The first-order valence-electron chi connectivity index (χ1n) is 5.61. The van der Waals surface area contributed by atoms with Crippen LogP contribution in [0.2, 0.25) is 5.15 Å². The molecule has 0 aliphatic heterocycles. The molecule has 0 saturated heterocycles. The minimum absolute atomic E-state index is 0.0855. The predicted molar refractivity (Wildman–Crippen MR) is 69.7 cm³/mol. The second kappa shape index (κ2) is 6.80. The minimum atomic E-state index is -0.982. The van der Waals surface area contributed by atoms with Gasteiger partial charge in [0.05, 0.1) is 4.92 Å². The molecule has 2 N–H and O–H groups in total. The van der Waals surface area contributed by atoms with Crippen molar-refractivity contribution in [2.45, 2.75) is 13.3 Å². The highest BCUT2D eigenvalue weighted by molar-refractivity contribution is 6.32. The van der Waals surface area contributed by atoms with E-state index in [1.807, 2.05) is 0 Å². The first kappa shape index (κ1) is 15.8. The normalized spacial score (nSPS) is 11.7. The molecule has 0 bridgehead atoms. The summed E-state index contributed by atoms with van der Waals surface area (Å²) < 4.78 is 0. The van der Waals surface area contributed by atoms with Gasteiger partial charge >= 0.3 is 11.7 Å². The van der Waals surface area contributed by atoms with Gasteiger partial charge < -0.3 is 10.4 Å². The molecular weight excluding hydrogens is 290 g/mol. The average Bonchev–Trinajstić information content (AvgIpc) is 2.34. The van der Waals surface area contributed by atoms with Crippen molar-refractivity contribution >= 4 is 29.2 Å². The Morgan fingerprint density at radius 3 is 2.80 bits per heavy atom. The summed E-state index contributed by atoms with van der Waals surface area (Å²) in [6, 6.07) is 1.18. The minimum Gasteiger partial charge on any atom is -0.481 e. The number of nitro groups is 1. The second-order valence-corrected chi connectivity index (χ2v) is 4.53. The van der Waals surface area contributed by atoms with Crippen molar-refractivity contribution in [3.8, 4) is 0 Å². The Morgan fingerprint density at radius 2 is 2.25 bits per heavy atom. The highest BCUT2D eigenvalue weighted by Crippen LogP contribution is 2.25. The van der Waals surface area contributed by atoms with E-state index in [0.29, 0.717) is 0 Å². The molecule has 0 fully saturated rings. The van der Waals surface area contributed by atoms with Crippen LogP contribution in [0.25, 0.3) is 0 Å². The number of amides is 1. The number of nitrogens with zero attached hydrogens (tertiary/aromatic N) is 2. The molecule has 0 spiro atoms. The number of aromatic nitrogens is 1. The first-order chi connectivity index (χ1) is 9.32. The number of hydrogen-bond donors (Lipinski definition) is 2. The van der Waals surface area contributed by atoms with E-state index in [1.54, 1.807) is 6.92 Å². The Morgan fingerprint density at radius 1 is 1.60 bits per heavy atom. The lowest BCUT2D eigenvalue weighted by Gasteiger charge is -2.10. The zero-order valence-electron chi connectivity index (χ0n) is 10.5. The van der Waals surface area contributed by atoms with Gasteiger partial charge in [-0.2, -0.15) is 0 Å². The van der Waals surface area contributed by atoms with Crippen molar-refractivity contribution in [2.24, 2.45) is 5.92 Å². The molecule has 0 aromatic carbocycles. The number of carbonyl (C=O) groups excluding carboxylic acids is 1. The SMILES string of the molecule is CC(CNC(=O)c1ccnc(Cl)c1[N+](=O)[O-])CC(=O)O. The Kier molecular flexibility index (Phi) is 5.39. The molecule has 8 nitrogen and oxygen atoms in total. The maximum atomic E-state index is 11.9. The van der Waals surface area contributed by atoms with E-state index in [-0.39, 0.29) is 29.6 Å². The fourth-order valence-electron chi connectivity index (χ4n) is 1.52. The maximum Gasteiger partial charge on any atom is 0.319 e. The lowest BCUT2D eigenvalue weighted by Crippen LogP contribution is -2.29. The van der Waals surface area contributed by atoms with Gasteiger partial charge in [0.2, 0.25) is 5.15 Å². The smallest absolute Gasteiger partial charge is 0.319 e. The van der Waals surface area contributed by atoms with Crippen molar-refractivity contribution in [3.63, 3.8) is 0 Å². The Hall–Kier alpha value is -2.22. The van der Waals surface area contributed by atoms with Crippen LogP contribution in [0, 0.1) is 16.0 Å². The van der Waals surface area contributed by atoms with Crippen molar-refractivity contribution < 1.29 is 19.6 Å². The van der Waals surface area contributed by atoms with E-state index in [4.69, 9.17) is 16.7 Å². The first-order valence-corrected chi connectivity index (χ1v) is 5.99. The number of rotatable bonds is 6. The van der Waals surface area contributed by atoms with Crippen LogP contribution in [-0.2, 0) is 4.79 Å². The van der Waals surface area contributed by atoms with Crippen LogP contribution < -0.4 is 5.32 Å². The quantitative estimate of drug-likeness (QED) is 0.466. The molecule has 9 heteroatoms. The van der Waals surface area contributed by atoms with Crippen LogP contribution in [-0.4, -0.2) is 33.4 Å². The van der Waals surface area contributed by atoms with Crippen LogP contribution in [0.15, 0.2) is 12.3 Å². The van der Waals surface area contributed by atoms with Gasteiger partial charge in [-0.25, -0.2) is 4.98 Å². The zero-order chi connectivity index (χ0) is 15.3. The summed E-state index contributed by atoms with van der Waals surface area (Å²) in [5, 5.41) is 21.5. The third kappa shape index (κ3) is 4.16. The topological polar surface area (TPSA) is 122 Å². The van der Waals surface area contributed by atoms with Crippen LogP contribution in [0.4, 0.5) is 5.69 Å². The fraction of sp³-hybridized carbons (Fsp3) is 0.364. The molecule has 20 heavy (non-hydrogen) atoms. The molecule has 1 amide bonds. The summed E-state index contributed by atoms with van der Waals surface area (Å²) in [4.78, 5) is 36.0. The number of aliphatic carboxylic acids is 1. The van der Waals surface area contributed by atoms with Gasteiger partial charge in [-0.05, 0) is 12.0 Å². The molecule has 1 rings (SSSR count). The Balaban J connectivity index is 2.81. The number of carboxylic acid groups (broad SMARTS) is 1. The average molecular weight is 302 g/mol. The van der Waals surface area contributed by atoms with Crippen LogP contribution in [0.5, 0.6) is 0 Å². The Labute approximate surface area is 118 Å². The van der Waals surface area contributed by atoms with Crippen molar-refractivity contribution in [1.29, 1.82) is 0 Å². The maximum absolute atomic E-state index is 11.9. The van der Waals surface area contributed by atoms with Crippen molar-refractivity contribution in [3.05, 3.63) is 33.1 Å². The second-order valence-electron chi connectivity index (χ2n) is 4.17. The van der Waals surface area contributed by atoms with Gasteiger partial charge in [-0.15, -0.1) is 0 Å². The summed E-state index contributed by atoms with van der Waals surface area (Å²) >= 11 is 5.59. The lowest BCUT2D eigenvalue weighted by atomic mass is 10.1. The summed E-state index contributed by atoms with van der Waals surface area (Å²) in [6.45, 7) is 1.73. The third-order valence-corrected chi connectivity index (χ3v) is 2.72. The number of pyridine rings is 1. The lowest BCUT2D eigenvalue weighted by molar-refractivity contribution is -0.385. The molecule has 108 valence electrons. The molecule has 0 aliphatic rings. The van der Waals surface area contributed by atoms with Gasteiger partial charge in [0.1, 0.15) is 5.56 Å². The van der Waals surface area contributed by atoms with E-state index in [0.717, 1.165) is 0 Å². The van der Waals surface area contributed by atoms with E-state index >= 15 is 0 Å². The van der Waals surface area contributed by atoms with E-state index in [9.17, 15) is 19.7 Å². The molecular formula is C11H12ClN3O5. The highest BCUT2D eigenvalue weighted by Gasteiger charge is 2.24. The number of nitrogens with one attached hydrogen (secondary N) is 1. The van der Waals surface area contributed by atoms with Crippen LogP contribution in [0.3, 0.4) is 0 Å². The molecule has 1 heterocycles. The zero-order valence-corrected chi connectivity index (χ0v) is 11.3. The Bertz CT molecular complexity index is 549. The molecule has 0 radical (unpaired) electrons. The molecule has 0 saturated carbocycles. The fourth-order valence-corrected chi connectivity index (χ4v) is 1.74. The molecule has 1 aromatic rings. The predicted octanol–water partition coefficient (Wildman–Crippen LogP) is 1.48. The van der Waals surface area contributed by atoms with Gasteiger partial charge in [0.15, 0.2) is 0 Å². The van der Waals surface area contributed by atoms with Crippen LogP contribution >= 0.6 is 11.6 Å². The largest absolute Gasteiger partial charge is 0.481 e. The summed E-state index contributed by atoms with van der Waals surface area (Å²) in [5.41, 5.74) is -0.782. The van der Waals surface area contributed by atoms with Gasteiger partial charge in [0, 0.05) is 19.2 Å². The standard InChI is InChI=1S/C11H12ClN3O5/c1-6(4-8(16)17)5-14-11(18)7-2-3-13-10(12)9(7)15(19)20/h2-3,6H,4-5H2,1H3,(H,14,18)(H,16,17).